The van der Waals surface area contributed by atoms with Crippen molar-refractivity contribution in [3.8, 4) is 11.7 Å². The maximum Gasteiger partial charge on any atom is 0.478 e. The summed E-state index contributed by atoms with van der Waals surface area (Å²) in [5.74, 6) is 0. The molecule has 1 heterocycles. The first-order chi connectivity index (χ1) is 17.7. The zero-order chi connectivity index (χ0) is 27.9. The number of hydrogen-bond acceptors (Lipinski definition) is 4. The second-order valence-corrected chi connectivity index (χ2v) is 16.1. The lowest BCUT2D eigenvalue weighted by Gasteiger charge is -2.30. The van der Waals surface area contributed by atoms with Crippen LogP contribution >= 0.6 is 7.14 Å². The minimum Gasteiger partial charge on any atom is -0.314 e. The van der Waals surface area contributed by atoms with Gasteiger partial charge in [-0.3, -0.25) is 0 Å². The Morgan fingerprint density at radius 1 is 0.868 bits per heavy atom. The molecule has 0 bridgehead atoms. The molecular formula is C30H36N2O4PS+. The lowest BCUT2D eigenvalue weighted by molar-refractivity contribution is -0.600. The van der Waals surface area contributed by atoms with Crippen LogP contribution in [0, 0.1) is 27.7 Å². The lowest BCUT2D eigenvalue weighted by Crippen LogP contribution is -2.35. The first-order valence-corrected chi connectivity index (χ1v) is 15.9. The Morgan fingerprint density at radius 3 is 2.00 bits per heavy atom. The van der Waals surface area contributed by atoms with Crippen molar-refractivity contribution in [3.63, 3.8) is 0 Å². The summed E-state index contributed by atoms with van der Waals surface area (Å²) >= 11 is 0. The highest BCUT2D eigenvalue weighted by atomic mass is 32.2. The molecule has 3 aromatic carbocycles. The second-order valence-electron chi connectivity index (χ2n) is 10.9. The van der Waals surface area contributed by atoms with E-state index in [0.29, 0.717) is 0 Å². The first-order valence-electron chi connectivity index (χ1n) is 12.6. The van der Waals surface area contributed by atoms with Gasteiger partial charge >= 0.3 is 16.1 Å². The molecule has 0 aliphatic heterocycles. The molecule has 0 spiro atoms. The number of rotatable bonds is 7. The van der Waals surface area contributed by atoms with Crippen LogP contribution in [0.15, 0.2) is 84.0 Å². The Morgan fingerprint density at radius 2 is 1.45 bits per heavy atom. The summed E-state index contributed by atoms with van der Waals surface area (Å²) in [5.41, 5.74) is 4.84. The van der Waals surface area contributed by atoms with E-state index in [9.17, 15) is 13.0 Å². The first kappa shape index (κ1) is 27.9. The van der Waals surface area contributed by atoms with Gasteiger partial charge in [0, 0.05) is 10.5 Å². The molecule has 0 radical (unpaired) electrons. The fraction of sp³-hybridized carbons (Fsp3) is 0.300. The highest BCUT2D eigenvalue weighted by Gasteiger charge is 2.42. The normalized spacial score (nSPS) is 13.8. The van der Waals surface area contributed by atoms with E-state index >= 15 is 0 Å². The number of nitrogens with zero attached hydrogens (tertiary/aromatic N) is 2. The van der Waals surface area contributed by atoms with Crippen LogP contribution < -0.4 is 14.1 Å². The van der Waals surface area contributed by atoms with Gasteiger partial charge in [-0.05, 0) is 51.0 Å². The van der Waals surface area contributed by atoms with Gasteiger partial charge in [0.1, 0.15) is 23.0 Å². The van der Waals surface area contributed by atoms with Crippen molar-refractivity contribution in [1.29, 1.82) is 0 Å². The molecule has 0 saturated carbocycles. The Balaban J connectivity index is 1.92. The van der Waals surface area contributed by atoms with Crippen molar-refractivity contribution in [3.05, 3.63) is 101 Å². The maximum absolute atomic E-state index is 14.7. The zero-order valence-electron chi connectivity index (χ0n) is 23.1. The molecule has 0 amide bonds. The average molecular weight is 552 g/mol. The van der Waals surface area contributed by atoms with Crippen LogP contribution in [0.5, 0.6) is 6.01 Å². The second kappa shape index (κ2) is 10.2. The minimum absolute atomic E-state index is 0.0572. The molecule has 4 rings (SSSR count). The molecular weight excluding hydrogens is 515 g/mol. The summed E-state index contributed by atoms with van der Waals surface area (Å²) < 4.78 is 51.0. The van der Waals surface area contributed by atoms with Crippen LogP contribution in [-0.2, 0) is 21.0 Å². The third kappa shape index (κ3) is 5.36. The summed E-state index contributed by atoms with van der Waals surface area (Å²) in [6.45, 7) is 13.8. The smallest absolute Gasteiger partial charge is 0.314 e. The number of aromatic nitrogens is 2. The summed E-state index contributed by atoms with van der Waals surface area (Å²) in [5, 5.41) is 0.162. The van der Waals surface area contributed by atoms with Gasteiger partial charge in [-0.1, -0.05) is 86.5 Å². The largest absolute Gasteiger partial charge is 0.478 e. The van der Waals surface area contributed by atoms with Crippen LogP contribution in [-0.4, -0.2) is 18.1 Å². The Hall–Kier alpha value is -3.15. The molecule has 38 heavy (non-hydrogen) atoms. The van der Waals surface area contributed by atoms with Crippen molar-refractivity contribution in [1.82, 2.24) is 4.57 Å². The highest BCUT2D eigenvalue weighted by Crippen LogP contribution is 2.58. The van der Waals surface area contributed by atoms with E-state index in [1.165, 1.54) is 12.1 Å². The molecule has 0 saturated heterocycles. The number of benzene rings is 3. The minimum atomic E-state index is -4.17. The van der Waals surface area contributed by atoms with Gasteiger partial charge in [0.2, 0.25) is 0 Å². The van der Waals surface area contributed by atoms with Gasteiger partial charge in [-0.15, -0.1) is 0 Å². The van der Waals surface area contributed by atoms with Crippen molar-refractivity contribution in [2.45, 2.75) is 64.8 Å². The Labute approximate surface area is 226 Å². The number of imidazole rings is 1. The van der Waals surface area contributed by atoms with E-state index in [-0.39, 0.29) is 17.2 Å². The van der Waals surface area contributed by atoms with E-state index in [1.807, 2.05) is 78.8 Å². The van der Waals surface area contributed by atoms with Gasteiger partial charge in [-0.2, -0.15) is 17.6 Å². The molecule has 1 aromatic heterocycles. The van der Waals surface area contributed by atoms with Crippen LogP contribution in [0.1, 0.15) is 43.0 Å². The molecule has 0 N–H and O–H groups in total. The molecule has 0 aliphatic carbocycles. The Kier molecular flexibility index (Phi) is 7.48. The molecule has 1 atom stereocenters. The van der Waals surface area contributed by atoms with Crippen molar-refractivity contribution in [2.24, 2.45) is 0 Å². The quantitative estimate of drug-likeness (QED) is 0.156. The van der Waals surface area contributed by atoms with Gasteiger partial charge in [-0.25, -0.2) is 0 Å². The maximum atomic E-state index is 14.7. The topological polar surface area (TPSA) is 69.2 Å². The summed E-state index contributed by atoms with van der Waals surface area (Å²) in [7, 11) is -7.26. The number of aryl methyl sites for hydroxylation is 4. The predicted molar refractivity (Wildman–Crippen MR) is 153 cm³/mol. The molecule has 200 valence electrons. The van der Waals surface area contributed by atoms with Gasteiger partial charge < -0.3 is 8.75 Å². The number of hydrogen-bond donors (Lipinski definition) is 0. The van der Waals surface area contributed by atoms with Crippen molar-refractivity contribution in [2.75, 3.05) is 0 Å². The van der Waals surface area contributed by atoms with E-state index in [4.69, 9.17) is 4.18 Å². The summed E-state index contributed by atoms with van der Waals surface area (Å²) in [4.78, 5) is 0.0572. The summed E-state index contributed by atoms with van der Waals surface area (Å²) in [6, 6.07) is 20.1. The molecule has 1 unspecified atom stereocenters. The van der Waals surface area contributed by atoms with Gasteiger partial charge in [0.15, 0.2) is 13.4 Å². The van der Waals surface area contributed by atoms with Crippen LogP contribution in [0.3, 0.4) is 0 Å². The van der Waals surface area contributed by atoms with Gasteiger partial charge in [0.25, 0.3) is 0 Å². The molecule has 8 heteroatoms. The molecule has 6 nitrogen and oxygen atoms in total. The Bertz CT molecular complexity index is 1590. The van der Waals surface area contributed by atoms with Crippen LogP contribution in [0.25, 0.3) is 5.69 Å². The molecule has 0 aliphatic rings. The third-order valence-electron chi connectivity index (χ3n) is 6.83. The fourth-order valence-electron chi connectivity index (χ4n) is 4.75. The van der Waals surface area contributed by atoms with Crippen molar-refractivity contribution < 1.29 is 21.7 Å². The van der Waals surface area contributed by atoms with E-state index in [2.05, 4.69) is 12.1 Å². The van der Waals surface area contributed by atoms with Crippen LogP contribution in [0.4, 0.5) is 0 Å². The monoisotopic (exact) mass is 551 g/mol. The molecule has 0 fully saturated rings. The van der Waals surface area contributed by atoms with Crippen molar-refractivity contribution >= 4 is 22.6 Å². The predicted octanol–water partition coefficient (Wildman–Crippen LogP) is 6.21. The average Bonchev–Trinajstić information content (AvgIpc) is 3.19. The SMILES string of the molecule is Cc1ccc(S(=O)(=O)Oc2n(CP(=O)(c3ccccc3)C(C)(C)C)cc[n+]2-c2c(C)cc(C)cc2C)cc1. The highest BCUT2D eigenvalue weighted by molar-refractivity contribution is 7.87. The summed E-state index contributed by atoms with van der Waals surface area (Å²) in [6.07, 6.45) is 3.61. The fourth-order valence-corrected chi connectivity index (χ4v) is 8.35. The standard InChI is InChI=1S/C30H36N2O4PS/c1-22-13-15-27(16-14-22)38(34,35)36-29-31(17-18-32(29)28-24(3)19-23(2)20-25(28)4)21-37(33,30(5,6)7)26-11-9-8-10-12-26/h8-20H,21H2,1-7H3/q+1. The third-order valence-corrected chi connectivity index (χ3v) is 12.0. The van der Waals surface area contributed by atoms with E-state index in [1.54, 1.807) is 33.7 Å². The van der Waals surface area contributed by atoms with E-state index < -0.39 is 22.4 Å². The van der Waals surface area contributed by atoms with Gasteiger partial charge in [0.05, 0.1) is 0 Å². The van der Waals surface area contributed by atoms with Crippen LogP contribution in [0.2, 0.25) is 0 Å². The van der Waals surface area contributed by atoms with E-state index in [0.717, 1.165) is 33.2 Å². The molecule has 4 aromatic rings. The lowest BCUT2D eigenvalue weighted by atomic mass is 10.1. The zero-order valence-corrected chi connectivity index (χ0v) is 24.8.